The first-order valence-electron chi connectivity index (χ1n) is 10.3. The smallest absolute Gasteiger partial charge is 0.329 e. The number of aryl methyl sites for hydroxylation is 3. The summed E-state index contributed by atoms with van der Waals surface area (Å²) in [5.74, 6) is 0.290. The summed E-state index contributed by atoms with van der Waals surface area (Å²) < 4.78 is 3.25. The van der Waals surface area contributed by atoms with Gasteiger partial charge in [0, 0.05) is 33.2 Å². The molecule has 3 heterocycles. The predicted octanol–water partition coefficient (Wildman–Crippen LogP) is -0.304. The van der Waals surface area contributed by atoms with Crippen LogP contribution in [0, 0.1) is 13.8 Å². The minimum atomic E-state index is -0.494. The van der Waals surface area contributed by atoms with Crippen molar-refractivity contribution < 1.29 is 4.79 Å². The Kier molecular flexibility index (Phi) is 5.40. The molecule has 31 heavy (non-hydrogen) atoms. The lowest BCUT2D eigenvalue weighted by Gasteiger charge is -2.34. The van der Waals surface area contributed by atoms with Gasteiger partial charge in [0.2, 0.25) is 11.9 Å². The summed E-state index contributed by atoms with van der Waals surface area (Å²) in [5, 5.41) is 0. The van der Waals surface area contributed by atoms with Gasteiger partial charge in [0.25, 0.3) is 5.56 Å². The molecule has 0 unspecified atom stereocenters. The normalized spacial score (nSPS) is 15.0. The number of imidazole rings is 1. The zero-order chi connectivity index (χ0) is 22.3. The molecular formula is C21H27N7O3. The van der Waals surface area contributed by atoms with E-state index in [2.05, 4.69) is 28.1 Å². The second kappa shape index (κ2) is 8.03. The van der Waals surface area contributed by atoms with Crippen LogP contribution in [0.1, 0.15) is 16.7 Å². The van der Waals surface area contributed by atoms with Crippen LogP contribution in [-0.2, 0) is 18.4 Å². The molecule has 10 nitrogen and oxygen atoms in total. The fraction of sp³-hybridized carbons (Fsp3) is 0.429. The number of aromatic amines is 1. The SMILES string of the molecule is Cc1ccc(C)c(Cn2c(N3CCN(CC(N)=O)CC3)nc3c2c(=O)[nH]c(=O)n3C)c1. The van der Waals surface area contributed by atoms with Crippen molar-refractivity contribution in [1.82, 2.24) is 24.0 Å². The number of aromatic nitrogens is 4. The van der Waals surface area contributed by atoms with Crippen molar-refractivity contribution >= 4 is 23.0 Å². The van der Waals surface area contributed by atoms with Crippen molar-refractivity contribution in [3.63, 3.8) is 0 Å². The molecule has 164 valence electrons. The predicted molar refractivity (Wildman–Crippen MR) is 118 cm³/mol. The van der Waals surface area contributed by atoms with Crippen LogP contribution in [0.5, 0.6) is 0 Å². The molecule has 4 rings (SSSR count). The van der Waals surface area contributed by atoms with Gasteiger partial charge in [0.05, 0.1) is 13.1 Å². The number of nitrogens with zero attached hydrogens (tertiary/aromatic N) is 5. The average Bonchev–Trinajstić information content (AvgIpc) is 3.09. The summed E-state index contributed by atoms with van der Waals surface area (Å²) in [5.41, 5.74) is 8.44. The highest BCUT2D eigenvalue weighted by atomic mass is 16.2. The summed E-state index contributed by atoms with van der Waals surface area (Å²) in [4.78, 5) is 47.4. The topological polar surface area (TPSA) is 122 Å². The number of primary amides is 1. The quantitative estimate of drug-likeness (QED) is 0.579. The number of hydrogen-bond donors (Lipinski definition) is 2. The molecule has 1 saturated heterocycles. The Bertz CT molecular complexity index is 1260. The molecule has 1 aromatic carbocycles. The van der Waals surface area contributed by atoms with Crippen molar-refractivity contribution in [2.75, 3.05) is 37.6 Å². The molecule has 3 N–H and O–H groups in total. The maximum absolute atomic E-state index is 12.8. The van der Waals surface area contributed by atoms with Crippen LogP contribution in [0.25, 0.3) is 11.2 Å². The Balaban J connectivity index is 1.80. The summed E-state index contributed by atoms with van der Waals surface area (Å²) in [6.07, 6.45) is 0. The van der Waals surface area contributed by atoms with E-state index in [1.54, 1.807) is 7.05 Å². The van der Waals surface area contributed by atoms with E-state index in [-0.39, 0.29) is 12.5 Å². The van der Waals surface area contributed by atoms with Crippen LogP contribution >= 0.6 is 0 Å². The van der Waals surface area contributed by atoms with E-state index < -0.39 is 11.2 Å². The first-order valence-corrected chi connectivity index (χ1v) is 10.3. The van der Waals surface area contributed by atoms with E-state index in [1.807, 2.05) is 23.3 Å². The van der Waals surface area contributed by atoms with Gasteiger partial charge in [-0.15, -0.1) is 0 Å². The van der Waals surface area contributed by atoms with Gasteiger partial charge in [-0.25, -0.2) is 4.79 Å². The number of piperazine rings is 1. The number of carbonyl (C=O) groups is 1. The summed E-state index contributed by atoms with van der Waals surface area (Å²) >= 11 is 0. The molecule has 0 spiro atoms. The van der Waals surface area contributed by atoms with Gasteiger partial charge in [-0.3, -0.25) is 28.6 Å². The molecule has 0 radical (unpaired) electrons. The molecule has 0 aliphatic carbocycles. The lowest BCUT2D eigenvalue weighted by Crippen LogP contribution is -2.49. The van der Waals surface area contributed by atoms with Crippen LogP contribution < -0.4 is 21.9 Å². The summed E-state index contributed by atoms with van der Waals surface area (Å²) in [6.45, 7) is 7.34. The number of carbonyl (C=O) groups excluding carboxylic acids is 1. The molecule has 0 bridgehead atoms. The second-order valence-corrected chi connectivity index (χ2v) is 8.15. The molecule has 1 amide bonds. The largest absolute Gasteiger partial charge is 0.369 e. The minimum Gasteiger partial charge on any atom is -0.369 e. The summed E-state index contributed by atoms with van der Waals surface area (Å²) in [6, 6.07) is 6.22. The fourth-order valence-corrected chi connectivity index (χ4v) is 4.08. The van der Waals surface area contributed by atoms with Gasteiger partial charge in [0.15, 0.2) is 11.2 Å². The van der Waals surface area contributed by atoms with Crippen molar-refractivity contribution in [2.24, 2.45) is 12.8 Å². The van der Waals surface area contributed by atoms with Crippen LogP contribution in [-0.4, -0.2) is 62.6 Å². The zero-order valence-corrected chi connectivity index (χ0v) is 18.0. The van der Waals surface area contributed by atoms with Gasteiger partial charge in [0.1, 0.15) is 0 Å². The Morgan fingerprint density at radius 3 is 2.55 bits per heavy atom. The Hall–Kier alpha value is -3.40. The maximum atomic E-state index is 12.8. The van der Waals surface area contributed by atoms with Crippen molar-refractivity contribution in [3.8, 4) is 0 Å². The van der Waals surface area contributed by atoms with E-state index in [4.69, 9.17) is 10.7 Å². The van der Waals surface area contributed by atoms with Gasteiger partial charge >= 0.3 is 5.69 Å². The number of H-pyrrole nitrogens is 1. The van der Waals surface area contributed by atoms with Crippen molar-refractivity contribution in [1.29, 1.82) is 0 Å². The average molecular weight is 425 g/mol. The van der Waals surface area contributed by atoms with Gasteiger partial charge in [-0.1, -0.05) is 23.8 Å². The lowest BCUT2D eigenvalue weighted by molar-refractivity contribution is -0.119. The number of amides is 1. The molecule has 1 fully saturated rings. The van der Waals surface area contributed by atoms with E-state index in [1.165, 1.54) is 4.57 Å². The third-order valence-corrected chi connectivity index (χ3v) is 5.85. The number of anilines is 1. The van der Waals surface area contributed by atoms with Crippen LogP contribution in [0.15, 0.2) is 27.8 Å². The first kappa shape index (κ1) is 20.9. The number of fused-ring (bicyclic) bond motifs is 1. The molecule has 0 atom stereocenters. The minimum absolute atomic E-state index is 0.223. The van der Waals surface area contributed by atoms with Crippen LogP contribution in [0.3, 0.4) is 0 Å². The monoisotopic (exact) mass is 425 g/mol. The standard InChI is InChI=1S/C21H27N7O3/c1-13-4-5-14(2)15(10-13)11-28-17-18(25(3)21(31)24-19(17)30)23-20(28)27-8-6-26(7-9-27)12-16(22)29/h4-5,10H,6-9,11-12H2,1-3H3,(H2,22,29)(H,24,30,31). The molecule has 2 aromatic heterocycles. The molecule has 0 saturated carbocycles. The maximum Gasteiger partial charge on any atom is 0.329 e. The van der Waals surface area contributed by atoms with E-state index in [9.17, 15) is 14.4 Å². The van der Waals surface area contributed by atoms with E-state index in [0.29, 0.717) is 49.8 Å². The highest BCUT2D eigenvalue weighted by molar-refractivity contribution is 5.76. The first-order chi connectivity index (χ1) is 14.7. The van der Waals surface area contributed by atoms with E-state index in [0.717, 1.165) is 16.7 Å². The Morgan fingerprint density at radius 1 is 1.16 bits per heavy atom. The van der Waals surface area contributed by atoms with Crippen molar-refractivity contribution in [2.45, 2.75) is 20.4 Å². The number of rotatable bonds is 5. The number of nitrogens with one attached hydrogen (secondary N) is 1. The Morgan fingerprint density at radius 2 is 1.87 bits per heavy atom. The van der Waals surface area contributed by atoms with Gasteiger partial charge < -0.3 is 10.6 Å². The molecule has 10 heteroatoms. The summed E-state index contributed by atoms with van der Waals surface area (Å²) in [7, 11) is 1.60. The van der Waals surface area contributed by atoms with Crippen LogP contribution in [0.4, 0.5) is 5.95 Å². The third kappa shape index (κ3) is 3.98. The van der Waals surface area contributed by atoms with Crippen LogP contribution in [0.2, 0.25) is 0 Å². The third-order valence-electron chi connectivity index (χ3n) is 5.85. The van der Waals surface area contributed by atoms with Gasteiger partial charge in [-0.05, 0) is 25.0 Å². The molecule has 1 aliphatic rings. The Labute approximate surface area is 178 Å². The highest BCUT2D eigenvalue weighted by Crippen LogP contribution is 2.23. The second-order valence-electron chi connectivity index (χ2n) is 8.15. The van der Waals surface area contributed by atoms with Crippen molar-refractivity contribution in [3.05, 3.63) is 55.7 Å². The number of nitrogens with two attached hydrogens (primary N) is 1. The fourth-order valence-electron chi connectivity index (χ4n) is 4.08. The number of benzene rings is 1. The zero-order valence-electron chi connectivity index (χ0n) is 18.0. The van der Waals surface area contributed by atoms with Gasteiger partial charge in [-0.2, -0.15) is 4.98 Å². The number of hydrogen-bond acceptors (Lipinski definition) is 6. The van der Waals surface area contributed by atoms with E-state index >= 15 is 0 Å². The molecule has 1 aliphatic heterocycles. The molecular weight excluding hydrogens is 398 g/mol. The lowest BCUT2D eigenvalue weighted by atomic mass is 10.1. The molecule has 3 aromatic rings. The highest BCUT2D eigenvalue weighted by Gasteiger charge is 2.25.